The normalized spacial score (nSPS) is 10.8. The van der Waals surface area contributed by atoms with Crippen molar-refractivity contribution in [2.24, 2.45) is 0 Å². The van der Waals surface area contributed by atoms with Gasteiger partial charge >= 0.3 is 5.97 Å². The molecule has 0 fully saturated rings. The lowest BCUT2D eigenvalue weighted by Gasteiger charge is -2.03. The zero-order valence-corrected chi connectivity index (χ0v) is 11.2. The van der Waals surface area contributed by atoms with E-state index in [2.05, 4.69) is 18.0 Å². The minimum atomic E-state index is -0.932. The van der Waals surface area contributed by atoms with Crippen LogP contribution in [0.15, 0.2) is 48.5 Å². The molecule has 3 rings (SSSR count). The number of carbonyl (C=O) groups is 1. The van der Waals surface area contributed by atoms with Gasteiger partial charge in [-0.1, -0.05) is 43.3 Å². The molecule has 0 bridgehead atoms. The largest absolute Gasteiger partial charge is 0.477 e. The highest BCUT2D eigenvalue weighted by Crippen LogP contribution is 2.33. The zero-order valence-electron chi connectivity index (χ0n) is 11.2. The minimum Gasteiger partial charge on any atom is -0.477 e. The summed E-state index contributed by atoms with van der Waals surface area (Å²) in [5.74, 6) is -0.932. The van der Waals surface area contributed by atoms with Crippen LogP contribution < -0.4 is 0 Å². The van der Waals surface area contributed by atoms with Gasteiger partial charge in [0.25, 0.3) is 0 Å². The highest BCUT2D eigenvalue weighted by molar-refractivity contribution is 6.07. The molecule has 0 saturated heterocycles. The van der Waals surface area contributed by atoms with Crippen molar-refractivity contribution in [2.75, 3.05) is 0 Å². The summed E-state index contributed by atoms with van der Waals surface area (Å²) in [6.07, 6.45) is 0.928. The number of aromatic carboxylic acids is 1. The molecule has 0 aliphatic rings. The summed E-state index contributed by atoms with van der Waals surface area (Å²) in [6.45, 7) is 2.09. The monoisotopic (exact) mass is 265 g/mol. The van der Waals surface area contributed by atoms with Gasteiger partial charge in [0.2, 0.25) is 0 Å². The van der Waals surface area contributed by atoms with E-state index in [1.165, 1.54) is 5.56 Å². The lowest BCUT2D eigenvalue weighted by atomic mass is 10.00. The van der Waals surface area contributed by atoms with Crippen molar-refractivity contribution >= 4 is 16.9 Å². The molecule has 0 amide bonds. The molecule has 0 spiro atoms. The predicted octanol–water partition coefficient (Wildman–Crippen LogP) is 4.10. The van der Waals surface area contributed by atoms with Crippen LogP contribution in [0.3, 0.4) is 0 Å². The molecule has 3 aromatic rings. The molecule has 100 valence electrons. The van der Waals surface area contributed by atoms with Gasteiger partial charge in [0.1, 0.15) is 5.69 Å². The second-order valence-electron chi connectivity index (χ2n) is 4.78. The van der Waals surface area contributed by atoms with Crippen LogP contribution in [0.2, 0.25) is 0 Å². The molecule has 1 aromatic heterocycles. The lowest BCUT2D eigenvalue weighted by molar-refractivity contribution is 0.0692. The number of benzene rings is 2. The Morgan fingerprint density at radius 2 is 1.90 bits per heavy atom. The van der Waals surface area contributed by atoms with E-state index in [0.29, 0.717) is 0 Å². The van der Waals surface area contributed by atoms with Crippen LogP contribution in [0.4, 0.5) is 0 Å². The van der Waals surface area contributed by atoms with Crippen LogP contribution in [-0.2, 0) is 6.42 Å². The SMILES string of the molecule is CCc1ccc2[nH]c(C(=O)O)c(-c3ccccc3)c2c1. The Kier molecular flexibility index (Phi) is 3.03. The molecule has 1 heterocycles. The number of H-pyrrole nitrogens is 1. The standard InChI is InChI=1S/C17H15NO2/c1-2-11-8-9-14-13(10-11)15(16(18-14)17(19)20)12-6-4-3-5-7-12/h3-10,18H,2H2,1H3,(H,19,20). The first-order valence-corrected chi connectivity index (χ1v) is 6.64. The Hall–Kier alpha value is -2.55. The molecule has 0 saturated carbocycles. The molecule has 3 heteroatoms. The third kappa shape index (κ3) is 1.97. The van der Waals surface area contributed by atoms with Gasteiger partial charge in [0.05, 0.1) is 0 Å². The van der Waals surface area contributed by atoms with Crippen molar-refractivity contribution in [3.05, 3.63) is 59.8 Å². The van der Waals surface area contributed by atoms with Crippen molar-refractivity contribution in [1.82, 2.24) is 4.98 Å². The molecule has 2 aromatic carbocycles. The second-order valence-corrected chi connectivity index (χ2v) is 4.78. The Bertz CT molecular complexity index is 772. The Morgan fingerprint density at radius 3 is 2.55 bits per heavy atom. The fourth-order valence-corrected chi connectivity index (χ4v) is 2.52. The summed E-state index contributed by atoms with van der Waals surface area (Å²) >= 11 is 0. The number of aromatic nitrogens is 1. The molecule has 0 unspecified atom stereocenters. The van der Waals surface area contributed by atoms with E-state index in [4.69, 9.17) is 0 Å². The van der Waals surface area contributed by atoms with Crippen LogP contribution in [0.25, 0.3) is 22.0 Å². The van der Waals surface area contributed by atoms with Crippen LogP contribution in [0.5, 0.6) is 0 Å². The Balaban J connectivity index is 2.36. The number of aromatic amines is 1. The van der Waals surface area contributed by atoms with E-state index in [1.807, 2.05) is 42.5 Å². The van der Waals surface area contributed by atoms with E-state index in [1.54, 1.807) is 0 Å². The van der Waals surface area contributed by atoms with Crippen LogP contribution in [0.1, 0.15) is 23.0 Å². The van der Waals surface area contributed by atoms with Crippen molar-refractivity contribution in [2.45, 2.75) is 13.3 Å². The van der Waals surface area contributed by atoms with Gasteiger partial charge in [0, 0.05) is 16.5 Å². The quantitative estimate of drug-likeness (QED) is 0.749. The maximum atomic E-state index is 11.5. The topological polar surface area (TPSA) is 53.1 Å². The number of rotatable bonds is 3. The van der Waals surface area contributed by atoms with Crippen LogP contribution >= 0.6 is 0 Å². The first-order valence-electron chi connectivity index (χ1n) is 6.64. The molecule has 0 atom stereocenters. The van der Waals surface area contributed by atoms with Crippen molar-refractivity contribution in [3.63, 3.8) is 0 Å². The average molecular weight is 265 g/mol. The molecular weight excluding hydrogens is 250 g/mol. The number of carboxylic acids is 1. The summed E-state index contributed by atoms with van der Waals surface area (Å²) in [6, 6.07) is 15.7. The summed E-state index contributed by atoms with van der Waals surface area (Å²) < 4.78 is 0. The number of hydrogen-bond donors (Lipinski definition) is 2. The minimum absolute atomic E-state index is 0.249. The van der Waals surface area contributed by atoms with E-state index in [0.717, 1.165) is 28.5 Å². The zero-order chi connectivity index (χ0) is 14.1. The maximum Gasteiger partial charge on any atom is 0.352 e. The second kappa shape index (κ2) is 4.85. The molecular formula is C17H15NO2. The van der Waals surface area contributed by atoms with Gasteiger partial charge in [-0.25, -0.2) is 4.79 Å². The van der Waals surface area contributed by atoms with Crippen LogP contribution in [-0.4, -0.2) is 16.1 Å². The fourth-order valence-electron chi connectivity index (χ4n) is 2.52. The first-order chi connectivity index (χ1) is 9.70. The first kappa shape index (κ1) is 12.5. The lowest BCUT2D eigenvalue weighted by Crippen LogP contribution is -1.98. The summed E-state index contributed by atoms with van der Waals surface area (Å²) in [5, 5.41) is 10.4. The van der Waals surface area contributed by atoms with Gasteiger partial charge in [-0.15, -0.1) is 0 Å². The van der Waals surface area contributed by atoms with Gasteiger partial charge in [-0.2, -0.15) is 0 Å². The number of nitrogens with one attached hydrogen (secondary N) is 1. The smallest absolute Gasteiger partial charge is 0.352 e. The maximum absolute atomic E-state index is 11.5. The summed E-state index contributed by atoms with van der Waals surface area (Å²) in [5.41, 5.74) is 4.00. The third-order valence-electron chi connectivity index (χ3n) is 3.55. The fraction of sp³-hybridized carbons (Fsp3) is 0.118. The summed E-state index contributed by atoms with van der Waals surface area (Å²) in [4.78, 5) is 14.5. The third-order valence-corrected chi connectivity index (χ3v) is 3.55. The van der Waals surface area contributed by atoms with Crippen LogP contribution in [0, 0.1) is 0 Å². The van der Waals surface area contributed by atoms with E-state index in [9.17, 15) is 9.90 Å². The van der Waals surface area contributed by atoms with Gasteiger partial charge in [-0.3, -0.25) is 0 Å². The van der Waals surface area contributed by atoms with E-state index in [-0.39, 0.29) is 5.69 Å². The van der Waals surface area contributed by atoms with Crippen molar-refractivity contribution in [1.29, 1.82) is 0 Å². The van der Waals surface area contributed by atoms with Gasteiger partial charge in [-0.05, 0) is 29.7 Å². The predicted molar refractivity (Wildman–Crippen MR) is 80.1 cm³/mol. The molecule has 0 radical (unpaired) electrons. The van der Waals surface area contributed by atoms with Gasteiger partial charge in [0.15, 0.2) is 0 Å². The van der Waals surface area contributed by atoms with E-state index < -0.39 is 5.97 Å². The number of fused-ring (bicyclic) bond motifs is 1. The van der Waals surface area contributed by atoms with Crippen molar-refractivity contribution < 1.29 is 9.90 Å². The highest BCUT2D eigenvalue weighted by Gasteiger charge is 2.18. The Morgan fingerprint density at radius 1 is 1.15 bits per heavy atom. The number of hydrogen-bond acceptors (Lipinski definition) is 1. The molecule has 2 N–H and O–H groups in total. The molecule has 0 aliphatic carbocycles. The summed E-state index contributed by atoms with van der Waals surface area (Å²) in [7, 11) is 0. The molecule has 3 nitrogen and oxygen atoms in total. The average Bonchev–Trinajstić information content (AvgIpc) is 2.86. The highest BCUT2D eigenvalue weighted by atomic mass is 16.4. The Labute approximate surface area is 116 Å². The molecule has 0 aliphatic heterocycles. The van der Waals surface area contributed by atoms with Crippen molar-refractivity contribution in [3.8, 4) is 11.1 Å². The van der Waals surface area contributed by atoms with Gasteiger partial charge < -0.3 is 10.1 Å². The number of carboxylic acid groups (broad SMARTS) is 1. The molecule has 20 heavy (non-hydrogen) atoms. The number of aryl methyl sites for hydroxylation is 1. The van der Waals surface area contributed by atoms with E-state index >= 15 is 0 Å².